The highest BCUT2D eigenvalue weighted by Crippen LogP contribution is 2.21. The van der Waals surface area contributed by atoms with Crippen molar-refractivity contribution in [2.24, 2.45) is 10.2 Å². The molecule has 0 aliphatic carbocycles. The van der Waals surface area contributed by atoms with Gasteiger partial charge in [0, 0.05) is 0 Å². The van der Waals surface area contributed by atoms with Crippen LogP contribution >= 0.6 is 0 Å². The number of nitrogens with zero attached hydrogens (tertiary/aromatic N) is 3. The van der Waals surface area contributed by atoms with E-state index in [9.17, 15) is 4.79 Å². The molecule has 0 bridgehead atoms. The van der Waals surface area contributed by atoms with Gasteiger partial charge >= 0.3 is 0 Å². The molecule has 0 fully saturated rings. The van der Waals surface area contributed by atoms with Gasteiger partial charge in [-0.3, -0.25) is 4.79 Å². The smallest absolute Gasteiger partial charge is 0.171 e. The third kappa shape index (κ3) is 1.17. The highest BCUT2D eigenvalue weighted by atomic mass is 16.1. The van der Waals surface area contributed by atoms with E-state index in [-0.39, 0.29) is 17.5 Å². The van der Waals surface area contributed by atoms with Crippen molar-refractivity contribution in [3.63, 3.8) is 0 Å². The van der Waals surface area contributed by atoms with Crippen molar-refractivity contribution in [1.29, 1.82) is 5.26 Å². The molecule has 1 atom stereocenters. The summed E-state index contributed by atoms with van der Waals surface area (Å²) in [6.45, 7) is 3.16. The van der Waals surface area contributed by atoms with Crippen LogP contribution in [0.1, 0.15) is 13.8 Å². The summed E-state index contributed by atoms with van der Waals surface area (Å²) in [6, 6.07) is 1.58. The predicted molar refractivity (Wildman–Crippen MR) is 37.6 cm³/mol. The number of carbonyl (C=O) groups excluding carboxylic acids is 1. The zero-order chi connectivity index (χ0) is 8.43. The second kappa shape index (κ2) is 2.62. The van der Waals surface area contributed by atoms with Gasteiger partial charge in [0.25, 0.3) is 0 Å². The molecule has 1 aliphatic heterocycles. The molecule has 0 aromatic carbocycles. The Kier molecular flexibility index (Phi) is 1.81. The van der Waals surface area contributed by atoms with Gasteiger partial charge in [0.1, 0.15) is 6.07 Å². The molecule has 0 saturated carbocycles. The van der Waals surface area contributed by atoms with E-state index in [0.29, 0.717) is 5.57 Å². The van der Waals surface area contributed by atoms with Crippen molar-refractivity contribution in [2.75, 3.05) is 0 Å². The number of ketones is 1. The van der Waals surface area contributed by atoms with Crippen LogP contribution in [0.4, 0.5) is 0 Å². The number of allylic oxidation sites excluding steroid dienone is 1. The van der Waals surface area contributed by atoms with Crippen LogP contribution in [0.2, 0.25) is 0 Å². The van der Waals surface area contributed by atoms with E-state index in [1.807, 2.05) is 6.07 Å². The number of hydrogen-bond acceptors (Lipinski definition) is 4. The van der Waals surface area contributed by atoms with Crippen molar-refractivity contribution in [3.8, 4) is 6.07 Å². The number of nitriles is 1. The summed E-state index contributed by atoms with van der Waals surface area (Å²) >= 11 is 0. The molecule has 56 valence electrons. The maximum absolute atomic E-state index is 10.9. The molecule has 0 radical (unpaired) electrons. The van der Waals surface area contributed by atoms with Crippen molar-refractivity contribution in [2.45, 2.75) is 19.9 Å². The van der Waals surface area contributed by atoms with E-state index >= 15 is 0 Å². The Bertz CT molecular complexity index is 295. The van der Waals surface area contributed by atoms with Crippen molar-refractivity contribution >= 4 is 5.78 Å². The fourth-order valence-corrected chi connectivity index (χ4v) is 0.997. The van der Waals surface area contributed by atoms with E-state index in [1.54, 1.807) is 6.92 Å². The molecule has 4 heteroatoms. The third-order valence-electron chi connectivity index (χ3n) is 1.49. The van der Waals surface area contributed by atoms with Crippen molar-refractivity contribution < 1.29 is 4.79 Å². The maximum atomic E-state index is 10.9. The molecule has 4 nitrogen and oxygen atoms in total. The first-order chi connectivity index (χ1) is 5.16. The molecular weight excluding hydrogens is 142 g/mol. The molecule has 11 heavy (non-hydrogen) atoms. The minimum Gasteiger partial charge on any atom is -0.295 e. The predicted octanol–water partition coefficient (Wildman–Crippen LogP) is 1.21. The largest absolute Gasteiger partial charge is 0.295 e. The number of azo groups is 1. The average Bonchev–Trinajstić information content (AvgIpc) is 2.30. The highest BCUT2D eigenvalue weighted by molar-refractivity contribution is 5.96. The topological polar surface area (TPSA) is 65.6 Å². The van der Waals surface area contributed by atoms with Crippen LogP contribution < -0.4 is 0 Å². The van der Waals surface area contributed by atoms with Gasteiger partial charge in [0.05, 0.1) is 11.6 Å². The molecule has 0 spiro atoms. The van der Waals surface area contributed by atoms with Crippen molar-refractivity contribution in [3.05, 3.63) is 11.3 Å². The average molecular weight is 149 g/mol. The second-order valence-corrected chi connectivity index (χ2v) is 2.32. The number of Topliss-reactive ketones (excluding diaryl/α,β-unsaturated/α-hetero) is 1. The summed E-state index contributed by atoms with van der Waals surface area (Å²) in [6.07, 6.45) is 0. The van der Waals surface area contributed by atoms with E-state index in [1.165, 1.54) is 6.92 Å². The van der Waals surface area contributed by atoms with Gasteiger partial charge in [-0.25, -0.2) is 0 Å². The summed E-state index contributed by atoms with van der Waals surface area (Å²) in [5, 5.41) is 15.7. The second-order valence-electron chi connectivity index (χ2n) is 2.32. The molecule has 0 unspecified atom stereocenters. The molecule has 1 heterocycles. The fraction of sp³-hybridized carbons (Fsp3) is 0.429. The maximum Gasteiger partial charge on any atom is 0.171 e. The van der Waals surface area contributed by atoms with Gasteiger partial charge in [0.15, 0.2) is 11.5 Å². The third-order valence-corrected chi connectivity index (χ3v) is 1.49. The SMILES string of the molecule is CC(=O)C1=C(C#N)N=N[C@H]1C. The molecule has 0 aromatic rings. The number of hydrogen-bond donors (Lipinski definition) is 0. The summed E-state index contributed by atoms with van der Waals surface area (Å²) in [7, 11) is 0. The van der Waals surface area contributed by atoms with Gasteiger partial charge < -0.3 is 0 Å². The van der Waals surface area contributed by atoms with E-state index < -0.39 is 0 Å². The normalized spacial score (nSPS) is 22.1. The molecule has 0 amide bonds. The quantitative estimate of drug-likeness (QED) is 0.562. The lowest BCUT2D eigenvalue weighted by atomic mass is 10.1. The zero-order valence-electron chi connectivity index (χ0n) is 6.33. The number of rotatable bonds is 1. The lowest BCUT2D eigenvalue weighted by Crippen LogP contribution is -2.08. The molecular formula is C7H7N3O. The summed E-state index contributed by atoms with van der Waals surface area (Å²) in [4.78, 5) is 10.9. The first-order valence-electron chi connectivity index (χ1n) is 3.23. The minimum atomic E-state index is -0.248. The van der Waals surface area contributed by atoms with Gasteiger partial charge in [-0.15, -0.1) is 5.11 Å². The van der Waals surface area contributed by atoms with E-state index in [0.717, 1.165) is 0 Å². The molecule has 1 rings (SSSR count). The molecule has 0 aromatic heterocycles. The Morgan fingerprint density at radius 1 is 1.73 bits per heavy atom. The molecule has 1 aliphatic rings. The Balaban J connectivity index is 3.10. The monoisotopic (exact) mass is 149 g/mol. The summed E-state index contributed by atoms with van der Waals surface area (Å²) in [5.41, 5.74) is 0.581. The summed E-state index contributed by atoms with van der Waals surface area (Å²) < 4.78 is 0. The Morgan fingerprint density at radius 3 is 2.73 bits per heavy atom. The molecule has 0 saturated heterocycles. The van der Waals surface area contributed by atoms with Gasteiger partial charge in [-0.1, -0.05) is 0 Å². The van der Waals surface area contributed by atoms with E-state index in [4.69, 9.17) is 5.26 Å². The van der Waals surface area contributed by atoms with Crippen LogP contribution in [-0.4, -0.2) is 11.8 Å². The first kappa shape index (κ1) is 7.61. The minimum absolute atomic E-state index is 0.126. The highest BCUT2D eigenvalue weighted by Gasteiger charge is 2.23. The first-order valence-corrected chi connectivity index (χ1v) is 3.23. The Morgan fingerprint density at radius 2 is 2.36 bits per heavy atom. The van der Waals surface area contributed by atoms with Crippen LogP contribution in [0, 0.1) is 11.3 Å². The van der Waals surface area contributed by atoms with Crippen molar-refractivity contribution in [1.82, 2.24) is 0 Å². The van der Waals surface area contributed by atoms with Crippen LogP contribution in [0.3, 0.4) is 0 Å². The number of carbonyl (C=O) groups is 1. The van der Waals surface area contributed by atoms with Crippen LogP contribution in [-0.2, 0) is 4.79 Å². The van der Waals surface area contributed by atoms with Gasteiger partial charge in [-0.05, 0) is 13.8 Å². The lowest BCUT2D eigenvalue weighted by molar-refractivity contribution is -0.113. The van der Waals surface area contributed by atoms with Crippen LogP contribution in [0.15, 0.2) is 21.5 Å². The standard InChI is InChI=1S/C7H7N3O/c1-4-7(5(2)11)6(3-8)10-9-4/h4H,1-2H3/t4-/m0/s1. The van der Waals surface area contributed by atoms with Crippen LogP contribution in [0.5, 0.6) is 0 Å². The summed E-state index contributed by atoms with van der Waals surface area (Å²) in [5.74, 6) is -0.126. The zero-order valence-corrected chi connectivity index (χ0v) is 6.33. The lowest BCUT2D eigenvalue weighted by Gasteiger charge is -1.98. The van der Waals surface area contributed by atoms with Gasteiger partial charge in [-0.2, -0.15) is 10.4 Å². The van der Waals surface area contributed by atoms with Crippen LogP contribution in [0.25, 0.3) is 0 Å². The Hall–Kier alpha value is -1.50. The molecule has 0 N–H and O–H groups in total. The fourth-order valence-electron chi connectivity index (χ4n) is 0.997. The van der Waals surface area contributed by atoms with Gasteiger partial charge in [0.2, 0.25) is 0 Å². The Labute approximate surface area is 64.2 Å². The van der Waals surface area contributed by atoms with E-state index in [2.05, 4.69) is 10.2 Å².